The van der Waals surface area contributed by atoms with Gasteiger partial charge in [-0.15, -0.1) is 0 Å². The molecule has 0 unspecified atom stereocenters. The largest absolute Gasteiger partial charge is 0.307 e. The summed E-state index contributed by atoms with van der Waals surface area (Å²) in [6.45, 7) is 3.76. The minimum atomic E-state index is -3.67. The Kier molecular flexibility index (Phi) is 5.84. The highest BCUT2D eigenvalue weighted by atomic mass is 32.2. The highest BCUT2D eigenvalue weighted by molar-refractivity contribution is 7.95. The fourth-order valence-corrected chi connectivity index (χ4v) is 3.61. The molecule has 0 radical (unpaired) electrons. The van der Waals surface area contributed by atoms with Gasteiger partial charge in [-0.1, -0.05) is 30.3 Å². The number of carbonyl (C=O) groups excluding carboxylic acids is 1. The van der Waals surface area contributed by atoms with Crippen LogP contribution in [0.5, 0.6) is 0 Å². The van der Waals surface area contributed by atoms with Crippen molar-refractivity contribution in [2.45, 2.75) is 13.8 Å². The van der Waals surface area contributed by atoms with Gasteiger partial charge in [0.2, 0.25) is 0 Å². The maximum absolute atomic E-state index is 12.5. The molecule has 2 aromatic carbocycles. The van der Waals surface area contributed by atoms with Crippen LogP contribution in [-0.4, -0.2) is 24.1 Å². The number of nitrogens with zero attached hydrogens (tertiary/aromatic N) is 2. The van der Waals surface area contributed by atoms with E-state index < -0.39 is 10.0 Å². The van der Waals surface area contributed by atoms with Gasteiger partial charge in [0.15, 0.2) is 0 Å². The van der Waals surface area contributed by atoms with E-state index in [0.29, 0.717) is 17.1 Å². The number of hydrogen-bond donors (Lipinski definition) is 2. The molecule has 3 rings (SSSR count). The van der Waals surface area contributed by atoms with Gasteiger partial charge < -0.3 is 5.32 Å². The summed E-state index contributed by atoms with van der Waals surface area (Å²) in [5, 5.41) is 8.21. The fraction of sp³-hybridized carbons (Fsp3) is 0.143. The van der Waals surface area contributed by atoms with Crippen molar-refractivity contribution in [1.82, 2.24) is 9.78 Å². The van der Waals surface area contributed by atoms with E-state index in [4.69, 9.17) is 0 Å². The summed E-state index contributed by atoms with van der Waals surface area (Å²) < 4.78 is 28.5. The van der Waals surface area contributed by atoms with E-state index in [1.807, 2.05) is 44.2 Å². The van der Waals surface area contributed by atoms with Crippen molar-refractivity contribution in [3.05, 3.63) is 82.4 Å². The van der Waals surface area contributed by atoms with Crippen molar-refractivity contribution in [1.29, 1.82) is 0 Å². The molecule has 0 saturated carbocycles. The van der Waals surface area contributed by atoms with E-state index in [1.54, 1.807) is 36.0 Å². The highest BCUT2D eigenvalue weighted by Gasteiger charge is 2.14. The zero-order chi connectivity index (χ0) is 21.0. The second-order valence-electron chi connectivity index (χ2n) is 6.57. The lowest BCUT2D eigenvalue weighted by Crippen LogP contribution is -2.15. The molecule has 0 fully saturated rings. The molecular formula is C21H22N4O3S. The molecule has 150 valence electrons. The Morgan fingerprint density at radius 1 is 1.03 bits per heavy atom. The van der Waals surface area contributed by atoms with E-state index in [2.05, 4.69) is 15.1 Å². The van der Waals surface area contributed by atoms with Gasteiger partial charge in [0.25, 0.3) is 15.9 Å². The average Bonchev–Trinajstić information content (AvgIpc) is 2.93. The van der Waals surface area contributed by atoms with Crippen molar-refractivity contribution in [3.8, 4) is 0 Å². The van der Waals surface area contributed by atoms with Crippen molar-refractivity contribution < 1.29 is 13.2 Å². The van der Waals surface area contributed by atoms with Crippen molar-refractivity contribution >= 4 is 33.5 Å². The molecule has 0 aliphatic heterocycles. The molecule has 1 aromatic heterocycles. The van der Waals surface area contributed by atoms with Crippen LogP contribution in [0.15, 0.2) is 60.0 Å². The van der Waals surface area contributed by atoms with Gasteiger partial charge in [0.05, 0.1) is 11.1 Å². The van der Waals surface area contributed by atoms with Crippen molar-refractivity contribution in [2.24, 2.45) is 7.05 Å². The van der Waals surface area contributed by atoms with Crippen LogP contribution in [0.4, 0.5) is 11.5 Å². The van der Waals surface area contributed by atoms with Gasteiger partial charge in [0.1, 0.15) is 5.82 Å². The Bertz CT molecular complexity index is 1150. The summed E-state index contributed by atoms with van der Waals surface area (Å²) in [5.41, 5.74) is 3.30. The highest BCUT2D eigenvalue weighted by Crippen LogP contribution is 2.19. The molecule has 0 bridgehead atoms. The molecule has 2 N–H and O–H groups in total. The molecule has 0 atom stereocenters. The third-order valence-electron chi connectivity index (χ3n) is 4.40. The zero-order valence-electron chi connectivity index (χ0n) is 16.4. The number of rotatable bonds is 6. The zero-order valence-corrected chi connectivity index (χ0v) is 17.2. The topological polar surface area (TPSA) is 93.1 Å². The normalized spacial score (nSPS) is 11.6. The summed E-state index contributed by atoms with van der Waals surface area (Å²) in [5.74, 6) is 0.331. The van der Waals surface area contributed by atoms with Crippen LogP contribution in [0.1, 0.15) is 27.2 Å². The first kappa shape index (κ1) is 20.3. The molecule has 8 heteroatoms. The lowest BCUT2D eigenvalue weighted by Gasteiger charge is -2.08. The number of aryl methyl sites for hydroxylation is 2. The SMILES string of the molecule is Cc1nn(C)c(NC(=O)c2ccc(NS(=O)(=O)/C=C/c3ccccc3)cc2)c1C. The Morgan fingerprint density at radius 2 is 1.69 bits per heavy atom. The molecule has 0 aliphatic rings. The summed E-state index contributed by atoms with van der Waals surface area (Å²) in [6, 6.07) is 15.4. The number of nitrogens with one attached hydrogen (secondary N) is 2. The van der Waals surface area contributed by atoms with Gasteiger partial charge >= 0.3 is 0 Å². The standard InChI is InChI=1S/C21H22N4O3S/c1-15-16(2)23-25(3)20(15)22-21(26)18-9-11-19(12-10-18)24-29(27,28)14-13-17-7-5-4-6-8-17/h4-14,24H,1-3H3,(H,22,26)/b14-13+. The summed E-state index contributed by atoms with van der Waals surface area (Å²) in [6.07, 6.45) is 1.52. The Morgan fingerprint density at radius 3 is 2.28 bits per heavy atom. The van der Waals surface area contributed by atoms with Crippen LogP contribution in [0.2, 0.25) is 0 Å². The third-order valence-corrected chi connectivity index (χ3v) is 5.41. The third kappa shape index (κ3) is 5.11. The van der Waals surface area contributed by atoms with E-state index in [9.17, 15) is 13.2 Å². The van der Waals surface area contributed by atoms with E-state index in [1.165, 1.54) is 6.08 Å². The molecule has 3 aromatic rings. The first-order chi connectivity index (χ1) is 13.7. The predicted molar refractivity (Wildman–Crippen MR) is 115 cm³/mol. The van der Waals surface area contributed by atoms with Gasteiger partial charge in [-0.05, 0) is 49.8 Å². The second kappa shape index (κ2) is 8.32. The molecule has 1 heterocycles. The van der Waals surface area contributed by atoms with Crippen LogP contribution >= 0.6 is 0 Å². The van der Waals surface area contributed by atoms with Crippen LogP contribution in [0.3, 0.4) is 0 Å². The monoisotopic (exact) mass is 410 g/mol. The number of amides is 1. The molecule has 0 aliphatic carbocycles. The first-order valence-electron chi connectivity index (χ1n) is 8.93. The summed E-state index contributed by atoms with van der Waals surface area (Å²) in [4.78, 5) is 12.5. The van der Waals surface area contributed by atoms with Crippen LogP contribution < -0.4 is 10.0 Å². The lowest BCUT2D eigenvalue weighted by atomic mass is 10.2. The van der Waals surface area contributed by atoms with E-state index in [0.717, 1.165) is 22.2 Å². The predicted octanol–water partition coefficient (Wildman–Crippen LogP) is 3.70. The Balaban J connectivity index is 1.68. The average molecular weight is 410 g/mol. The number of hydrogen-bond acceptors (Lipinski definition) is 4. The molecule has 7 nitrogen and oxygen atoms in total. The maximum Gasteiger partial charge on any atom is 0.256 e. The molecule has 1 amide bonds. The minimum absolute atomic E-state index is 0.297. The van der Waals surface area contributed by atoms with Crippen LogP contribution in [0, 0.1) is 13.8 Å². The Hall–Kier alpha value is -3.39. The number of sulfonamides is 1. The molecule has 0 saturated heterocycles. The molecular weight excluding hydrogens is 388 g/mol. The van der Waals surface area contributed by atoms with Crippen LogP contribution in [0.25, 0.3) is 6.08 Å². The summed E-state index contributed by atoms with van der Waals surface area (Å²) >= 11 is 0. The van der Waals surface area contributed by atoms with Crippen LogP contribution in [-0.2, 0) is 17.1 Å². The maximum atomic E-state index is 12.5. The number of benzene rings is 2. The summed E-state index contributed by atoms with van der Waals surface area (Å²) in [7, 11) is -1.91. The minimum Gasteiger partial charge on any atom is -0.307 e. The molecule has 0 spiro atoms. The van der Waals surface area contributed by atoms with Gasteiger partial charge in [0, 0.05) is 23.9 Å². The lowest BCUT2D eigenvalue weighted by molar-refractivity contribution is 0.102. The number of anilines is 2. The van der Waals surface area contributed by atoms with E-state index >= 15 is 0 Å². The molecule has 29 heavy (non-hydrogen) atoms. The van der Waals surface area contributed by atoms with Gasteiger partial charge in [-0.3, -0.25) is 14.2 Å². The van der Waals surface area contributed by atoms with Gasteiger partial charge in [-0.2, -0.15) is 5.10 Å². The van der Waals surface area contributed by atoms with E-state index in [-0.39, 0.29) is 5.91 Å². The smallest absolute Gasteiger partial charge is 0.256 e. The number of carbonyl (C=O) groups is 1. The Labute approximate surface area is 170 Å². The van der Waals surface area contributed by atoms with Gasteiger partial charge in [-0.25, -0.2) is 8.42 Å². The fourth-order valence-electron chi connectivity index (χ4n) is 2.74. The van der Waals surface area contributed by atoms with Crippen molar-refractivity contribution in [3.63, 3.8) is 0 Å². The quantitative estimate of drug-likeness (QED) is 0.648. The first-order valence-corrected chi connectivity index (χ1v) is 10.5. The van der Waals surface area contributed by atoms with Crippen molar-refractivity contribution in [2.75, 3.05) is 10.0 Å². The number of aromatic nitrogens is 2. The second-order valence-corrected chi connectivity index (χ2v) is 8.14.